The van der Waals surface area contributed by atoms with Crippen molar-refractivity contribution in [3.63, 3.8) is 0 Å². The number of rotatable bonds is 3. The first-order chi connectivity index (χ1) is 8.43. The highest BCUT2D eigenvalue weighted by Crippen LogP contribution is 2.28. The minimum atomic E-state index is 0.550. The second-order valence-electron chi connectivity index (χ2n) is 5.88. The molecule has 3 nitrogen and oxygen atoms in total. The molecule has 0 aromatic rings. The fourth-order valence-corrected chi connectivity index (χ4v) is 3.78. The minimum absolute atomic E-state index is 0.550. The summed E-state index contributed by atoms with van der Waals surface area (Å²) in [7, 11) is 0. The monoisotopic (exact) mass is 238 g/mol. The van der Waals surface area contributed by atoms with Crippen LogP contribution in [0.2, 0.25) is 0 Å². The van der Waals surface area contributed by atoms with Crippen molar-refractivity contribution in [3.8, 4) is 0 Å². The molecule has 2 heterocycles. The zero-order valence-corrected chi connectivity index (χ0v) is 10.9. The standard InChI is InChI=1S/C14H26N2O/c1-2-6-14-13(5-1)16(10-11-17-14)9-7-12-4-3-8-15-12/h12-15H,1-11H2. The summed E-state index contributed by atoms with van der Waals surface area (Å²) in [6.07, 6.45) is 10.1. The van der Waals surface area contributed by atoms with Gasteiger partial charge in [-0.15, -0.1) is 0 Å². The van der Waals surface area contributed by atoms with E-state index in [2.05, 4.69) is 10.2 Å². The van der Waals surface area contributed by atoms with Crippen LogP contribution in [0.1, 0.15) is 44.9 Å². The molecule has 1 saturated carbocycles. The van der Waals surface area contributed by atoms with Gasteiger partial charge in [-0.1, -0.05) is 12.8 Å². The number of ether oxygens (including phenoxy) is 1. The molecule has 3 aliphatic rings. The number of nitrogens with zero attached hydrogens (tertiary/aromatic N) is 1. The second kappa shape index (κ2) is 5.68. The Labute approximate surface area is 105 Å². The first-order valence-electron chi connectivity index (χ1n) is 7.52. The highest BCUT2D eigenvalue weighted by Gasteiger charge is 2.34. The molecule has 3 unspecified atom stereocenters. The van der Waals surface area contributed by atoms with Crippen LogP contribution in [0.3, 0.4) is 0 Å². The van der Waals surface area contributed by atoms with Crippen LogP contribution in [0.4, 0.5) is 0 Å². The van der Waals surface area contributed by atoms with Crippen LogP contribution >= 0.6 is 0 Å². The summed E-state index contributed by atoms with van der Waals surface area (Å²) in [5.74, 6) is 0. The van der Waals surface area contributed by atoms with Gasteiger partial charge in [-0.25, -0.2) is 0 Å². The number of hydrogen-bond acceptors (Lipinski definition) is 3. The summed E-state index contributed by atoms with van der Waals surface area (Å²) in [4.78, 5) is 2.72. The highest BCUT2D eigenvalue weighted by molar-refractivity contribution is 4.88. The van der Waals surface area contributed by atoms with E-state index in [-0.39, 0.29) is 0 Å². The smallest absolute Gasteiger partial charge is 0.0730 e. The normalized spacial score (nSPS) is 39.2. The maximum Gasteiger partial charge on any atom is 0.0730 e. The first-order valence-corrected chi connectivity index (χ1v) is 7.52. The van der Waals surface area contributed by atoms with E-state index < -0.39 is 0 Å². The quantitative estimate of drug-likeness (QED) is 0.811. The number of morpholine rings is 1. The topological polar surface area (TPSA) is 24.5 Å². The van der Waals surface area contributed by atoms with Crippen LogP contribution in [0.5, 0.6) is 0 Å². The van der Waals surface area contributed by atoms with Crippen molar-refractivity contribution in [2.45, 2.75) is 63.1 Å². The van der Waals surface area contributed by atoms with Crippen molar-refractivity contribution in [1.82, 2.24) is 10.2 Å². The summed E-state index contributed by atoms with van der Waals surface area (Å²) in [6.45, 7) is 4.63. The van der Waals surface area contributed by atoms with Crippen LogP contribution in [-0.4, -0.2) is 49.3 Å². The molecule has 0 bridgehead atoms. The van der Waals surface area contributed by atoms with Crippen molar-refractivity contribution < 1.29 is 4.74 Å². The van der Waals surface area contributed by atoms with Crippen LogP contribution in [0.25, 0.3) is 0 Å². The number of fused-ring (bicyclic) bond motifs is 1. The van der Waals surface area contributed by atoms with Gasteiger partial charge in [0, 0.05) is 25.2 Å². The number of nitrogens with one attached hydrogen (secondary N) is 1. The van der Waals surface area contributed by atoms with E-state index in [1.807, 2.05) is 0 Å². The molecule has 3 rings (SSSR count). The Morgan fingerprint density at radius 3 is 2.94 bits per heavy atom. The van der Waals surface area contributed by atoms with E-state index in [1.165, 1.54) is 58.0 Å². The third kappa shape index (κ3) is 2.83. The van der Waals surface area contributed by atoms with Crippen molar-refractivity contribution in [3.05, 3.63) is 0 Å². The van der Waals surface area contributed by atoms with Gasteiger partial charge in [0.05, 0.1) is 12.7 Å². The van der Waals surface area contributed by atoms with E-state index in [0.717, 1.165) is 25.2 Å². The predicted octanol–water partition coefficient (Wildman–Crippen LogP) is 1.77. The molecule has 98 valence electrons. The van der Waals surface area contributed by atoms with Gasteiger partial charge in [0.1, 0.15) is 0 Å². The molecular formula is C14H26N2O. The molecule has 1 N–H and O–H groups in total. The Bertz CT molecular complexity index is 238. The molecule has 3 fully saturated rings. The van der Waals surface area contributed by atoms with Gasteiger partial charge < -0.3 is 10.1 Å². The van der Waals surface area contributed by atoms with Gasteiger partial charge in [0.25, 0.3) is 0 Å². The van der Waals surface area contributed by atoms with Gasteiger partial charge in [-0.05, 0) is 38.6 Å². The van der Waals surface area contributed by atoms with Crippen molar-refractivity contribution in [1.29, 1.82) is 0 Å². The molecule has 0 aromatic carbocycles. The maximum atomic E-state index is 5.93. The molecule has 0 spiro atoms. The average Bonchev–Trinajstić information content (AvgIpc) is 2.89. The Balaban J connectivity index is 1.50. The van der Waals surface area contributed by atoms with Crippen molar-refractivity contribution >= 4 is 0 Å². The Morgan fingerprint density at radius 2 is 2.06 bits per heavy atom. The predicted molar refractivity (Wildman–Crippen MR) is 69.2 cm³/mol. The molecular weight excluding hydrogens is 212 g/mol. The first kappa shape index (κ1) is 11.9. The maximum absolute atomic E-state index is 5.93. The lowest BCUT2D eigenvalue weighted by atomic mass is 9.90. The van der Waals surface area contributed by atoms with Crippen LogP contribution in [-0.2, 0) is 4.74 Å². The van der Waals surface area contributed by atoms with Crippen molar-refractivity contribution in [2.24, 2.45) is 0 Å². The molecule has 0 radical (unpaired) electrons. The van der Waals surface area contributed by atoms with E-state index in [1.54, 1.807) is 0 Å². The van der Waals surface area contributed by atoms with Crippen LogP contribution < -0.4 is 5.32 Å². The second-order valence-corrected chi connectivity index (χ2v) is 5.88. The zero-order valence-electron chi connectivity index (χ0n) is 10.9. The SMILES string of the molecule is C1CNC(CCN2CCOC3CCCCC32)C1. The lowest BCUT2D eigenvalue weighted by Gasteiger charge is -2.44. The highest BCUT2D eigenvalue weighted by atomic mass is 16.5. The third-order valence-corrected chi connectivity index (χ3v) is 4.77. The Morgan fingerprint density at radius 1 is 1.12 bits per heavy atom. The fourth-order valence-electron chi connectivity index (χ4n) is 3.78. The minimum Gasteiger partial charge on any atom is -0.375 e. The third-order valence-electron chi connectivity index (χ3n) is 4.77. The number of hydrogen-bond donors (Lipinski definition) is 1. The summed E-state index contributed by atoms with van der Waals surface area (Å²) in [6, 6.07) is 1.53. The summed E-state index contributed by atoms with van der Waals surface area (Å²) in [5, 5.41) is 3.61. The molecule has 0 aromatic heterocycles. The summed E-state index contributed by atoms with van der Waals surface area (Å²) in [5.41, 5.74) is 0. The molecule has 17 heavy (non-hydrogen) atoms. The van der Waals surface area contributed by atoms with Gasteiger partial charge >= 0.3 is 0 Å². The Hall–Kier alpha value is -0.120. The van der Waals surface area contributed by atoms with Crippen molar-refractivity contribution in [2.75, 3.05) is 26.2 Å². The molecule has 3 atom stereocenters. The average molecular weight is 238 g/mol. The van der Waals surface area contributed by atoms with Crippen LogP contribution in [0.15, 0.2) is 0 Å². The van der Waals surface area contributed by atoms with Gasteiger partial charge in [-0.2, -0.15) is 0 Å². The molecule has 2 aliphatic heterocycles. The lowest BCUT2D eigenvalue weighted by Crippen LogP contribution is -2.53. The van der Waals surface area contributed by atoms with Gasteiger partial charge in [0.15, 0.2) is 0 Å². The van der Waals surface area contributed by atoms with E-state index in [4.69, 9.17) is 4.74 Å². The van der Waals surface area contributed by atoms with Crippen LogP contribution in [0, 0.1) is 0 Å². The van der Waals surface area contributed by atoms with Gasteiger partial charge in [0.2, 0.25) is 0 Å². The van der Waals surface area contributed by atoms with Gasteiger partial charge in [-0.3, -0.25) is 4.90 Å². The fraction of sp³-hybridized carbons (Fsp3) is 1.00. The molecule has 0 amide bonds. The Kier molecular flexibility index (Phi) is 3.99. The molecule has 2 saturated heterocycles. The zero-order chi connectivity index (χ0) is 11.5. The summed E-state index contributed by atoms with van der Waals surface area (Å²) >= 11 is 0. The van der Waals surface area contributed by atoms with E-state index in [9.17, 15) is 0 Å². The largest absolute Gasteiger partial charge is 0.375 e. The van der Waals surface area contributed by atoms with E-state index in [0.29, 0.717) is 6.10 Å². The lowest BCUT2D eigenvalue weighted by molar-refractivity contribution is -0.0886. The summed E-state index contributed by atoms with van der Waals surface area (Å²) < 4.78 is 5.93. The molecule has 3 heteroatoms. The van der Waals surface area contributed by atoms with E-state index >= 15 is 0 Å². The molecule has 1 aliphatic carbocycles.